The lowest BCUT2D eigenvalue weighted by atomic mass is 10.1. The van der Waals surface area contributed by atoms with E-state index in [-0.39, 0.29) is 17.6 Å². The molecule has 1 aromatic rings. The molecule has 1 rings (SSSR count). The molecule has 0 aliphatic rings. The van der Waals surface area contributed by atoms with Gasteiger partial charge in [-0.1, -0.05) is 28.9 Å². The molecule has 1 atom stereocenters. The number of hydrogen-bond acceptors (Lipinski definition) is 4. The van der Waals surface area contributed by atoms with Crippen LogP contribution < -0.4 is 5.32 Å². The Bertz CT molecular complexity index is 476. The van der Waals surface area contributed by atoms with Crippen molar-refractivity contribution in [2.24, 2.45) is 0 Å². The normalized spacial score (nSPS) is 11.9. The molecule has 1 aromatic carbocycles. The van der Waals surface area contributed by atoms with Crippen LogP contribution in [0.25, 0.3) is 0 Å². The van der Waals surface area contributed by atoms with Gasteiger partial charge in [0.1, 0.15) is 6.04 Å². The fraction of sp³-hybridized carbons (Fsp3) is 0.385. The summed E-state index contributed by atoms with van der Waals surface area (Å²) in [5.74, 6) is -1.28. The number of ether oxygens (including phenoxy) is 1. The lowest BCUT2D eigenvalue weighted by Gasteiger charge is -2.15. The maximum atomic E-state index is 11.4. The number of hydrogen-bond donors (Lipinski definition) is 2. The number of carboxylic acid groups (broad SMARTS) is 1. The molecule has 0 aliphatic carbocycles. The van der Waals surface area contributed by atoms with Crippen molar-refractivity contribution >= 4 is 27.9 Å². The van der Waals surface area contributed by atoms with E-state index >= 15 is 0 Å². The van der Waals surface area contributed by atoms with Gasteiger partial charge in [-0.3, -0.25) is 4.79 Å². The Morgan fingerprint density at radius 1 is 1.47 bits per heavy atom. The van der Waals surface area contributed by atoms with Crippen LogP contribution in [-0.4, -0.2) is 30.2 Å². The number of methoxy groups -OCH3 is 1. The fourth-order valence-corrected chi connectivity index (χ4v) is 2.11. The average Bonchev–Trinajstić information content (AvgIpc) is 2.40. The first-order chi connectivity index (χ1) is 8.99. The van der Waals surface area contributed by atoms with Crippen LogP contribution in [0.5, 0.6) is 0 Å². The van der Waals surface area contributed by atoms with Crippen molar-refractivity contribution in [3.63, 3.8) is 0 Å². The number of carbonyl (C=O) groups excluding carboxylic acids is 1. The van der Waals surface area contributed by atoms with E-state index in [1.165, 1.54) is 13.2 Å². The summed E-state index contributed by atoms with van der Waals surface area (Å²) in [4.78, 5) is 22.2. The van der Waals surface area contributed by atoms with Gasteiger partial charge in [-0.05, 0) is 24.1 Å². The quantitative estimate of drug-likeness (QED) is 0.782. The predicted octanol–water partition coefficient (Wildman–Crippen LogP) is 2.19. The number of rotatable bonds is 6. The zero-order chi connectivity index (χ0) is 14.4. The number of benzene rings is 1. The number of carbonyl (C=O) groups is 2. The van der Waals surface area contributed by atoms with Gasteiger partial charge in [0.05, 0.1) is 12.7 Å². The molecule has 1 unspecified atom stereocenters. The maximum Gasteiger partial charge on any atom is 0.335 e. The van der Waals surface area contributed by atoms with Crippen molar-refractivity contribution in [2.75, 3.05) is 7.11 Å². The molecular formula is C13H16BrNO4. The number of halogens is 1. The fourth-order valence-electron chi connectivity index (χ4n) is 1.59. The Hall–Kier alpha value is -1.40. The topological polar surface area (TPSA) is 75.6 Å². The van der Waals surface area contributed by atoms with Crippen LogP contribution in [0.4, 0.5) is 0 Å². The van der Waals surface area contributed by atoms with Gasteiger partial charge in [0.2, 0.25) is 0 Å². The zero-order valence-corrected chi connectivity index (χ0v) is 12.4. The minimum absolute atomic E-state index is 0.218. The van der Waals surface area contributed by atoms with Gasteiger partial charge >= 0.3 is 11.9 Å². The average molecular weight is 330 g/mol. The zero-order valence-electron chi connectivity index (χ0n) is 10.8. The number of aromatic carboxylic acids is 1. The lowest BCUT2D eigenvalue weighted by Crippen LogP contribution is -2.36. The maximum absolute atomic E-state index is 11.4. The van der Waals surface area contributed by atoms with Gasteiger partial charge in [-0.25, -0.2) is 4.79 Å². The summed E-state index contributed by atoms with van der Waals surface area (Å²) < 4.78 is 5.38. The Morgan fingerprint density at radius 2 is 2.16 bits per heavy atom. The Morgan fingerprint density at radius 3 is 2.63 bits per heavy atom. The monoisotopic (exact) mass is 329 g/mol. The molecule has 0 aromatic heterocycles. The number of nitrogens with one attached hydrogen (secondary N) is 1. The van der Waals surface area contributed by atoms with Gasteiger partial charge in [0, 0.05) is 11.0 Å². The van der Waals surface area contributed by atoms with Crippen molar-refractivity contribution in [2.45, 2.75) is 25.9 Å². The molecule has 19 heavy (non-hydrogen) atoms. The van der Waals surface area contributed by atoms with Crippen molar-refractivity contribution in [1.82, 2.24) is 5.32 Å². The minimum atomic E-state index is -0.971. The van der Waals surface area contributed by atoms with Gasteiger partial charge in [0.25, 0.3) is 0 Å². The third kappa shape index (κ3) is 4.33. The van der Waals surface area contributed by atoms with Crippen LogP contribution in [0.15, 0.2) is 22.7 Å². The predicted molar refractivity (Wildman–Crippen MR) is 74.0 cm³/mol. The highest BCUT2D eigenvalue weighted by Gasteiger charge is 2.16. The largest absolute Gasteiger partial charge is 0.478 e. The SMILES string of the molecule is CCC(NCc1ccc(C(=O)O)cc1Br)C(=O)OC. The van der Waals surface area contributed by atoms with E-state index in [1.54, 1.807) is 12.1 Å². The second kappa shape index (κ2) is 7.25. The highest BCUT2D eigenvalue weighted by Crippen LogP contribution is 2.19. The van der Waals surface area contributed by atoms with E-state index in [0.717, 1.165) is 5.56 Å². The molecule has 104 valence electrons. The molecule has 0 aliphatic heterocycles. The van der Waals surface area contributed by atoms with Gasteiger partial charge in [-0.15, -0.1) is 0 Å². The molecule has 2 N–H and O–H groups in total. The van der Waals surface area contributed by atoms with Crippen LogP contribution in [0.1, 0.15) is 29.3 Å². The van der Waals surface area contributed by atoms with E-state index in [1.807, 2.05) is 6.92 Å². The van der Waals surface area contributed by atoms with Crippen molar-refractivity contribution in [3.8, 4) is 0 Å². The molecule has 0 saturated heterocycles. The summed E-state index contributed by atoms with van der Waals surface area (Å²) in [5, 5.41) is 11.9. The molecule has 0 fully saturated rings. The third-order valence-corrected chi connectivity index (χ3v) is 3.47. The van der Waals surface area contributed by atoms with Crippen LogP contribution in [0, 0.1) is 0 Å². The Kier molecular flexibility index (Phi) is 5.98. The first-order valence-electron chi connectivity index (χ1n) is 5.82. The second-order valence-corrected chi connectivity index (χ2v) is 4.83. The van der Waals surface area contributed by atoms with Gasteiger partial charge < -0.3 is 15.2 Å². The molecule has 6 heteroatoms. The number of esters is 1. The molecule has 0 saturated carbocycles. The number of carboxylic acids is 1. The molecule has 0 heterocycles. The third-order valence-electron chi connectivity index (χ3n) is 2.73. The summed E-state index contributed by atoms with van der Waals surface area (Å²) in [6.07, 6.45) is 0.623. The van der Waals surface area contributed by atoms with Crippen molar-refractivity contribution in [3.05, 3.63) is 33.8 Å². The van der Waals surface area contributed by atoms with Crippen LogP contribution in [-0.2, 0) is 16.1 Å². The van der Waals surface area contributed by atoms with Gasteiger partial charge in [-0.2, -0.15) is 0 Å². The Labute approximate surface area is 120 Å². The highest BCUT2D eigenvalue weighted by molar-refractivity contribution is 9.10. The second-order valence-electron chi connectivity index (χ2n) is 3.98. The molecule has 0 amide bonds. The van der Waals surface area contributed by atoms with Crippen LogP contribution in [0.3, 0.4) is 0 Å². The van der Waals surface area contributed by atoms with Gasteiger partial charge in [0.15, 0.2) is 0 Å². The summed E-state index contributed by atoms with van der Waals surface area (Å²) >= 11 is 3.32. The smallest absolute Gasteiger partial charge is 0.335 e. The van der Waals surface area contributed by atoms with E-state index in [2.05, 4.69) is 26.0 Å². The lowest BCUT2D eigenvalue weighted by molar-refractivity contribution is -0.143. The van der Waals surface area contributed by atoms with Crippen LogP contribution in [0.2, 0.25) is 0 Å². The Balaban J connectivity index is 2.72. The summed E-state index contributed by atoms with van der Waals surface area (Å²) in [6, 6.07) is 4.42. The molecular weight excluding hydrogens is 314 g/mol. The summed E-state index contributed by atoms with van der Waals surface area (Å²) in [7, 11) is 1.35. The van der Waals surface area contributed by atoms with Crippen molar-refractivity contribution < 1.29 is 19.4 Å². The van der Waals surface area contributed by atoms with E-state index in [4.69, 9.17) is 5.11 Å². The molecule has 5 nitrogen and oxygen atoms in total. The molecule has 0 spiro atoms. The summed E-state index contributed by atoms with van der Waals surface area (Å²) in [5.41, 5.74) is 1.10. The van der Waals surface area contributed by atoms with E-state index in [9.17, 15) is 9.59 Å². The van der Waals surface area contributed by atoms with E-state index in [0.29, 0.717) is 17.4 Å². The van der Waals surface area contributed by atoms with Crippen molar-refractivity contribution in [1.29, 1.82) is 0 Å². The first-order valence-corrected chi connectivity index (χ1v) is 6.61. The molecule has 0 radical (unpaired) electrons. The standard InChI is InChI=1S/C13H16BrNO4/c1-3-11(13(18)19-2)15-7-9-5-4-8(12(16)17)6-10(9)14/h4-6,11,15H,3,7H2,1-2H3,(H,16,17). The van der Waals surface area contributed by atoms with E-state index < -0.39 is 5.97 Å². The van der Waals surface area contributed by atoms with Crippen LogP contribution >= 0.6 is 15.9 Å². The first kappa shape index (κ1) is 15.7. The molecule has 0 bridgehead atoms. The summed E-state index contributed by atoms with van der Waals surface area (Å²) in [6.45, 7) is 2.34. The minimum Gasteiger partial charge on any atom is -0.478 e. The highest BCUT2D eigenvalue weighted by atomic mass is 79.9.